The average Bonchev–Trinajstić information content (AvgIpc) is 2.45. The SMILES string of the molecule is Br.CN(C)CCCCCCCCCCOc1ccccc1. The molecule has 0 aliphatic rings. The van der Waals surface area contributed by atoms with Crippen molar-refractivity contribution in [1.82, 2.24) is 4.90 Å². The van der Waals surface area contributed by atoms with Crippen molar-refractivity contribution >= 4 is 17.0 Å². The number of hydrogen-bond donors (Lipinski definition) is 0. The van der Waals surface area contributed by atoms with Gasteiger partial charge in [0.1, 0.15) is 5.75 Å². The Morgan fingerprint density at radius 2 is 1.29 bits per heavy atom. The Bertz CT molecular complexity index is 316. The van der Waals surface area contributed by atoms with E-state index in [0.717, 1.165) is 12.4 Å². The molecule has 0 N–H and O–H groups in total. The number of para-hydroxylation sites is 1. The molecule has 0 unspecified atom stereocenters. The van der Waals surface area contributed by atoms with E-state index in [0.29, 0.717) is 0 Å². The zero-order valence-electron chi connectivity index (χ0n) is 13.7. The first-order chi connectivity index (χ1) is 9.79. The number of unbranched alkanes of at least 4 members (excludes halogenated alkanes) is 7. The molecular weight excluding hydrogens is 326 g/mol. The highest BCUT2D eigenvalue weighted by Gasteiger charge is 1.95. The zero-order chi connectivity index (χ0) is 14.5. The third-order valence-corrected chi connectivity index (χ3v) is 3.51. The molecule has 0 fully saturated rings. The Labute approximate surface area is 141 Å². The van der Waals surface area contributed by atoms with E-state index >= 15 is 0 Å². The number of benzene rings is 1. The fourth-order valence-corrected chi connectivity index (χ4v) is 2.30. The molecule has 1 aromatic carbocycles. The van der Waals surface area contributed by atoms with Crippen molar-refractivity contribution in [1.29, 1.82) is 0 Å². The van der Waals surface area contributed by atoms with E-state index in [1.165, 1.54) is 57.9 Å². The van der Waals surface area contributed by atoms with E-state index < -0.39 is 0 Å². The molecule has 21 heavy (non-hydrogen) atoms. The molecule has 0 saturated heterocycles. The zero-order valence-corrected chi connectivity index (χ0v) is 15.4. The van der Waals surface area contributed by atoms with Gasteiger partial charge in [0.15, 0.2) is 0 Å². The first kappa shape index (κ1) is 20.5. The molecule has 0 aliphatic heterocycles. The third kappa shape index (κ3) is 12.9. The summed E-state index contributed by atoms with van der Waals surface area (Å²) in [5, 5.41) is 0. The molecular formula is C18H32BrNO. The van der Waals surface area contributed by atoms with Crippen molar-refractivity contribution in [3.63, 3.8) is 0 Å². The van der Waals surface area contributed by atoms with Gasteiger partial charge in [-0.15, -0.1) is 17.0 Å². The summed E-state index contributed by atoms with van der Waals surface area (Å²) in [4.78, 5) is 2.27. The van der Waals surface area contributed by atoms with Crippen molar-refractivity contribution in [2.75, 3.05) is 27.2 Å². The summed E-state index contributed by atoms with van der Waals surface area (Å²) in [7, 11) is 4.30. The fourth-order valence-electron chi connectivity index (χ4n) is 2.30. The molecule has 1 aromatic rings. The molecule has 0 atom stereocenters. The first-order valence-corrected chi connectivity index (χ1v) is 8.11. The normalized spacial score (nSPS) is 10.4. The maximum absolute atomic E-state index is 5.68. The van der Waals surface area contributed by atoms with E-state index in [2.05, 4.69) is 19.0 Å². The van der Waals surface area contributed by atoms with Crippen LogP contribution in [0.4, 0.5) is 0 Å². The van der Waals surface area contributed by atoms with Crippen LogP contribution in [0.1, 0.15) is 51.4 Å². The lowest BCUT2D eigenvalue weighted by atomic mass is 10.1. The van der Waals surface area contributed by atoms with Crippen molar-refractivity contribution in [2.45, 2.75) is 51.4 Å². The number of rotatable bonds is 12. The van der Waals surface area contributed by atoms with Gasteiger partial charge >= 0.3 is 0 Å². The van der Waals surface area contributed by atoms with E-state index in [4.69, 9.17) is 4.74 Å². The minimum absolute atomic E-state index is 0. The van der Waals surface area contributed by atoms with Crippen LogP contribution in [0, 0.1) is 0 Å². The summed E-state index contributed by atoms with van der Waals surface area (Å²) in [5.74, 6) is 0.994. The molecule has 0 heterocycles. The summed E-state index contributed by atoms with van der Waals surface area (Å²) in [6.07, 6.45) is 10.7. The van der Waals surface area contributed by atoms with Gasteiger partial charge in [-0.2, -0.15) is 0 Å². The average molecular weight is 358 g/mol. The van der Waals surface area contributed by atoms with Gasteiger partial charge in [-0.3, -0.25) is 0 Å². The second-order valence-electron chi connectivity index (χ2n) is 5.79. The molecule has 3 heteroatoms. The van der Waals surface area contributed by atoms with Crippen LogP contribution in [0.3, 0.4) is 0 Å². The quantitative estimate of drug-likeness (QED) is 0.469. The Balaban J connectivity index is 0.00000400. The molecule has 0 spiro atoms. The van der Waals surface area contributed by atoms with Crippen LogP contribution in [-0.4, -0.2) is 32.1 Å². The summed E-state index contributed by atoms with van der Waals surface area (Å²) < 4.78 is 5.68. The maximum atomic E-state index is 5.68. The topological polar surface area (TPSA) is 12.5 Å². The first-order valence-electron chi connectivity index (χ1n) is 8.11. The minimum Gasteiger partial charge on any atom is -0.494 e. The fraction of sp³-hybridized carbons (Fsp3) is 0.667. The highest BCUT2D eigenvalue weighted by Crippen LogP contribution is 2.11. The molecule has 0 radical (unpaired) electrons. The van der Waals surface area contributed by atoms with E-state index in [1.54, 1.807) is 0 Å². The smallest absolute Gasteiger partial charge is 0.119 e. The van der Waals surface area contributed by atoms with Crippen molar-refractivity contribution in [3.8, 4) is 5.75 Å². The Morgan fingerprint density at radius 1 is 0.762 bits per heavy atom. The molecule has 0 bridgehead atoms. The van der Waals surface area contributed by atoms with Gasteiger partial charge in [0.05, 0.1) is 6.61 Å². The Morgan fingerprint density at radius 3 is 1.86 bits per heavy atom. The van der Waals surface area contributed by atoms with Crippen LogP contribution in [0.5, 0.6) is 5.75 Å². The maximum Gasteiger partial charge on any atom is 0.119 e. The highest BCUT2D eigenvalue weighted by atomic mass is 79.9. The molecule has 0 aliphatic carbocycles. The molecule has 0 amide bonds. The van der Waals surface area contributed by atoms with Gasteiger partial charge < -0.3 is 9.64 Å². The lowest BCUT2D eigenvalue weighted by molar-refractivity contribution is 0.304. The van der Waals surface area contributed by atoms with Crippen molar-refractivity contribution in [2.24, 2.45) is 0 Å². The van der Waals surface area contributed by atoms with Crippen LogP contribution in [0.15, 0.2) is 30.3 Å². The number of hydrogen-bond acceptors (Lipinski definition) is 2. The van der Waals surface area contributed by atoms with E-state index in [-0.39, 0.29) is 17.0 Å². The van der Waals surface area contributed by atoms with Crippen LogP contribution < -0.4 is 4.74 Å². The van der Waals surface area contributed by atoms with Crippen LogP contribution in [0.2, 0.25) is 0 Å². The summed E-state index contributed by atoms with van der Waals surface area (Å²) >= 11 is 0. The predicted octanol–water partition coefficient (Wildman–Crippen LogP) is 5.33. The Kier molecular flexibility index (Phi) is 14.0. The lowest BCUT2D eigenvalue weighted by Gasteiger charge is -2.08. The van der Waals surface area contributed by atoms with E-state index in [1.807, 2.05) is 30.3 Å². The molecule has 2 nitrogen and oxygen atoms in total. The number of nitrogens with zero attached hydrogens (tertiary/aromatic N) is 1. The summed E-state index contributed by atoms with van der Waals surface area (Å²) in [6, 6.07) is 10.1. The van der Waals surface area contributed by atoms with Crippen molar-refractivity contribution in [3.05, 3.63) is 30.3 Å². The summed E-state index contributed by atoms with van der Waals surface area (Å²) in [5.41, 5.74) is 0. The van der Waals surface area contributed by atoms with Crippen LogP contribution in [0.25, 0.3) is 0 Å². The van der Waals surface area contributed by atoms with Crippen LogP contribution >= 0.6 is 17.0 Å². The molecule has 0 saturated carbocycles. The van der Waals surface area contributed by atoms with Gasteiger partial charge in [-0.1, -0.05) is 56.7 Å². The van der Waals surface area contributed by atoms with Crippen LogP contribution in [-0.2, 0) is 0 Å². The van der Waals surface area contributed by atoms with Gasteiger partial charge in [-0.25, -0.2) is 0 Å². The molecule has 122 valence electrons. The van der Waals surface area contributed by atoms with Gasteiger partial charge in [0.25, 0.3) is 0 Å². The minimum atomic E-state index is 0. The monoisotopic (exact) mass is 357 g/mol. The van der Waals surface area contributed by atoms with Gasteiger partial charge in [-0.05, 0) is 45.6 Å². The molecule has 1 rings (SSSR count). The van der Waals surface area contributed by atoms with Gasteiger partial charge in [0, 0.05) is 0 Å². The van der Waals surface area contributed by atoms with E-state index in [9.17, 15) is 0 Å². The predicted molar refractivity (Wildman–Crippen MR) is 97.7 cm³/mol. The second-order valence-corrected chi connectivity index (χ2v) is 5.79. The van der Waals surface area contributed by atoms with Crippen molar-refractivity contribution < 1.29 is 4.74 Å². The number of ether oxygens (including phenoxy) is 1. The summed E-state index contributed by atoms with van der Waals surface area (Å²) in [6.45, 7) is 2.09. The largest absolute Gasteiger partial charge is 0.494 e. The standard InChI is InChI=1S/C18H31NO.BrH/c1-19(2)16-12-7-5-3-4-6-8-13-17-20-18-14-10-9-11-15-18;/h9-11,14-15H,3-8,12-13,16-17H2,1-2H3;1H. The second kappa shape index (κ2) is 14.4. The molecule has 0 aromatic heterocycles. The Hall–Kier alpha value is -0.540. The highest BCUT2D eigenvalue weighted by molar-refractivity contribution is 8.93. The number of halogens is 1. The third-order valence-electron chi connectivity index (χ3n) is 3.51. The van der Waals surface area contributed by atoms with Gasteiger partial charge in [0.2, 0.25) is 0 Å². The lowest BCUT2D eigenvalue weighted by Crippen LogP contribution is -2.12.